The van der Waals surface area contributed by atoms with Crippen molar-refractivity contribution < 1.29 is 13.2 Å². The molecule has 0 radical (unpaired) electrons. The molecular formula is C21H19ClN2O3S2. The predicted molar refractivity (Wildman–Crippen MR) is 118 cm³/mol. The molecular weight excluding hydrogens is 428 g/mol. The number of carbonyl (C=O) groups is 1. The second kappa shape index (κ2) is 8.18. The van der Waals surface area contributed by atoms with Gasteiger partial charge >= 0.3 is 0 Å². The molecule has 3 aromatic rings. The van der Waals surface area contributed by atoms with Crippen molar-refractivity contribution in [3.8, 4) is 0 Å². The average Bonchev–Trinajstić information content (AvgIpc) is 3.16. The molecule has 8 heteroatoms. The van der Waals surface area contributed by atoms with E-state index in [0.717, 1.165) is 25.2 Å². The molecule has 1 aromatic heterocycles. The zero-order valence-corrected chi connectivity index (χ0v) is 17.9. The van der Waals surface area contributed by atoms with Crippen LogP contribution in [0.4, 0.5) is 11.4 Å². The minimum absolute atomic E-state index is 0.0753. The number of nitrogens with zero attached hydrogens (tertiary/aromatic N) is 1. The van der Waals surface area contributed by atoms with Gasteiger partial charge < -0.3 is 10.2 Å². The summed E-state index contributed by atoms with van der Waals surface area (Å²) in [6, 6.07) is 15.4. The lowest BCUT2D eigenvalue weighted by Crippen LogP contribution is -2.31. The van der Waals surface area contributed by atoms with Crippen molar-refractivity contribution in [3.05, 3.63) is 75.4 Å². The maximum atomic E-state index is 12.5. The monoisotopic (exact) mass is 446 g/mol. The summed E-state index contributed by atoms with van der Waals surface area (Å²) in [5.41, 5.74) is 2.80. The van der Waals surface area contributed by atoms with Crippen molar-refractivity contribution in [2.45, 2.75) is 17.9 Å². The third-order valence-electron chi connectivity index (χ3n) is 4.82. The molecule has 4 rings (SSSR count). The number of amides is 1. The highest BCUT2D eigenvalue weighted by atomic mass is 35.5. The van der Waals surface area contributed by atoms with Gasteiger partial charge in [-0.25, -0.2) is 8.42 Å². The Hall–Kier alpha value is -2.35. The number of sulfone groups is 1. The molecule has 1 aliphatic heterocycles. The van der Waals surface area contributed by atoms with Crippen molar-refractivity contribution in [2.24, 2.45) is 0 Å². The molecule has 0 atom stereocenters. The van der Waals surface area contributed by atoms with Crippen LogP contribution in [0.3, 0.4) is 0 Å². The summed E-state index contributed by atoms with van der Waals surface area (Å²) in [6.07, 6.45) is 0.959. The largest absolute Gasteiger partial charge is 0.365 e. The number of thiophene rings is 1. The Morgan fingerprint density at radius 2 is 1.86 bits per heavy atom. The molecule has 1 amide bonds. The number of carbonyl (C=O) groups excluding carboxylic acids is 1. The van der Waals surface area contributed by atoms with Crippen LogP contribution in [0, 0.1) is 0 Å². The summed E-state index contributed by atoms with van der Waals surface area (Å²) in [5, 5.41) is 5.32. The van der Waals surface area contributed by atoms with Crippen LogP contribution in [0.15, 0.2) is 64.9 Å². The molecule has 5 nitrogen and oxygen atoms in total. The van der Waals surface area contributed by atoms with Crippen LogP contribution in [-0.2, 0) is 27.6 Å². The van der Waals surface area contributed by atoms with Gasteiger partial charge in [-0.2, -0.15) is 0 Å². The number of para-hydroxylation sites is 2. The van der Waals surface area contributed by atoms with Gasteiger partial charge in [0.25, 0.3) is 0 Å². The van der Waals surface area contributed by atoms with Crippen LogP contribution in [0.2, 0.25) is 5.02 Å². The minimum Gasteiger partial charge on any atom is -0.365 e. The first-order valence-corrected chi connectivity index (χ1v) is 12.0. The van der Waals surface area contributed by atoms with Gasteiger partial charge in [0.1, 0.15) is 5.75 Å². The number of nitrogens with one attached hydrogen (secondary N) is 1. The summed E-state index contributed by atoms with van der Waals surface area (Å²) in [6.45, 7) is 1.62. The van der Waals surface area contributed by atoms with E-state index in [4.69, 9.17) is 11.6 Å². The lowest BCUT2D eigenvalue weighted by molar-refractivity contribution is -0.113. The van der Waals surface area contributed by atoms with Gasteiger partial charge in [0, 0.05) is 23.0 Å². The number of benzene rings is 2. The third kappa shape index (κ3) is 4.47. The molecule has 2 aromatic carbocycles. The van der Waals surface area contributed by atoms with Crippen LogP contribution in [0.25, 0.3) is 0 Å². The van der Waals surface area contributed by atoms with Crippen molar-refractivity contribution in [1.29, 1.82) is 0 Å². The highest BCUT2D eigenvalue weighted by Crippen LogP contribution is 2.32. The van der Waals surface area contributed by atoms with E-state index in [1.54, 1.807) is 17.4 Å². The van der Waals surface area contributed by atoms with E-state index in [1.807, 2.05) is 18.2 Å². The normalized spacial score (nSPS) is 13.8. The third-order valence-corrected chi connectivity index (χ3v) is 7.73. The first-order valence-electron chi connectivity index (χ1n) is 9.10. The summed E-state index contributed by atoms with van der Waals surface area (Å²) in [4.78, 5) is 16.2. The number of fused-ring (bicyclic) bond motifs is 1. The van der Waals surface area contributed by atoms with Crippen molar-refractivity contribution >= 4 is 50.1 Å². The Kier molecular flexibility index (Phi) is 5.63. The Morgan fingerprint density at radius 3 is 2.66 bits per heavy atom. The fourth-order valence-electron chi connectivity index (χ4n) is 3.39. The van der Waals surface area contributed by atoms with Gasteiger partial charge in [0.15, 0.2) is 9.84 Å². The zero-order valence-electron chi connectivity index (χ0n) is 15.5. The average molecular weight is 447 g/mol. The smallest absolute Gasteiger partial charge is 0.240 e. The van der Waals surface area contributed by atoms with Crippen LogP contribution in [-0.4, -0.2) is 26.6 Å². The van der Waals surface area contributed by atoms with Gasteiger partial charge in [0.2, 0.25) is 5.91 Å². The van der Waals surface area contributed by atoms with E-state index in [9.17, 15) is 13.2 Å². The van der Waals surface area contributed by atoms with Gasteiger partial charge in [-0.3, -0.25) is 4.79 Å². The molecule has 0 saturated heterocycles. The summed E-state index contributed by atoms with van der Waals surface area (Å²) >= 11 is 7.58. The Morgan fingerprint density at radius 1 is 1.10 bits per heavy atom. The maximum Gasteiger partial charge on any atom is 0.240 e. The molecule has 29 heavy (non-hydrogen) atoms. The fraction of sp³-hybridized carbons (Fsp3) is 0.190. The highest BCUT2D eigenvalue weighted by Gasteiger charge is 2.23. The summed E-state index contributed by atoms with van der Waals surface area (Å²) < 4.78 is 25.1. The van der Waals surface area contributed by atoms with Crippen LogP contribution in [0.1, 0.15) is 10.4 Å². The highest BCUT2D eigenvalue weighted by molar-refractivity contribution is 7.92. The molecule has 150 valence electrons. The first-order chi connectivity index (χ1) is 13.9. The number of hydrogen-bond acceptors (Lipinski definition) is 5. The predicted octanol–water partition coefficient (Wildman–Crippen LogP) is 4.38. The quantitative estimate of drug-likeness (QED) is 0.631. The Labute approximate surface area is 178 Å². The number of anilines is 2. The van der Waals surface area contributed by atoms with Gasteiger partial charge in [-0.1, -0.05) is 23.7 Å². The second-order valence-corrected chi connectivity index (χ2v) is 10.2. The van der Waals surface area contributed by atoms with Crippen molar-refractivity contribution in [3.63, 3.8) is 0 Å². The number of halogens is 1. The standard InChI is InChI=1S/C21H19ClN2O3S2/c22-16-5-7-17(8-6-16)29(26,27)14-21(25)23-18-3-1-2-4-19(18)24-11-9-20-15(13-24)10-12-28-20/h1-8,10,12H,9,11,13-14H2,(H,23,25). The van der Waals surface area contributed by atoms with E-state index in [-0.39, 0.29) is 4.90 Å². The van der Waals surface area contributed by atoms with Crippen molar-refractivity contribution in [1.82, 2.24) is 0 Å². The first kappa shape index (κ1) is 19.9. The van der Waals surface area contributed by atoms with E-state index in [1.165, 1.54) is 34.7 Å². The summed E-state index contributed by atoms with van der Waals surface area (Å²) in [7, 11) is -3.75. The molecule has 0 unspecified atom stereocenters. The molecule has 0 fully saturated rings. The molecule has 2 heterocycles. The Balaban J connectivity index is 1.50. The van der Waals surface area contributed by atoms with Gasteiger partial charge in [-0.15, -0.1) is 11.3 Å². The topological polar surface area (TPSA) is 66.5 Å². The zero-order chi connectivity index (χ0) is 20.4. The van der Waals surface area contributed by atoms with Crippen LogP contribution < -0.4 is 10.2 Å². The van der Waals surface area contributed by atoms with Crippen LogP contribution in [0.5, 0.6) is 0 Å². The van der Waals surface area contributed by atoms with Crippen molar-refractivity contribution in [2.75, 3.05) is 22.5 Å². The lowest BCUT2D eigenvalue weighted by atomic mass is 10.1. The van der Waals surface area contributed by atoms with E-state index < -0.39 is 21.5 Å². The summed E-state index contributed by atoms with van der Waals surface area (Å²) in [5.74, 6) is -1.20. The molecule has 0 aliphatic carbocycles. The molecule has 0 bridgehead atoms. The second-order valence-electron chi connectivity index (χ2n) is 6.82. The van der Waals surface area contributed by atoms with Crippen LogP contribution >= 0.6 is 22.9 Å². The number of hydrogen-bond donors (Lipinski definition) is 1. The van der Waals surface area contributed by atoms with Gasteiger partial charge in [-0.05, 0) is 59.8 Å². The van der Waals surface area contributed by atoms with E-state index >= 15 is 0 Å². The van der Waals surface area contributed by atoms with E-state index in [0.29, 0.717) is 10.7 Å². The molecule has 1 N–H and O–H groups in total. The fourth-order valence-corrected chi connectivity index (χ4v) is 5.54. The Bertz CT molecular complexity index is 1140. The molecule has 1 aliphatic rings. The van der Waals surface area contributed by atoms with E-state index in [2.05, 4.69) is 21.7 Å². The SMILES string of the molecule is O=C(CS(=O)(=O)c1ccc(Cl)cc1)Nc1ccccc1N1CCc2sccc2C1. The molecule has 0 saturated carbocycles. The minimum atomic E-state index is -3.75. The molecule has 0 spiro atoms. The number of rotatable bonds is 5. The van der Waals surface area contributed by atoms with Gasteiger partial charge in [0.05, 0.1) is 16.3 Å². The maximum absolute atomic E-state index is 12.5. The lowest BCUT2D eigenvalue weighted by Gasteiger charge is -2.30.